The maximum atomic E-state index is 12.2. The third-order valence-corrected chi connectivity index (χ3v) is 4.58. The van der Waals surface area contributed by atoms with Crippen LogP contribution in [-0.4, -0.2) is 31.2 Å². The van der Waals surface area contributed by atoms with Crippen molar-refractivity contribution in [3.8, 4) is 0 Å². The number of anilines is 1. The van der Waals surface area contributed by atoms with Gasteiger partial charge in [-0.2, -0.15) is 0 Å². The number of rotatable bonds is 4. The fourth-order valence-corrected chi connectivity index (χ4v) is 3.35. The van der Waals surface area contributed by atoms with Crippen LogP contribution >= 0.6 is 11.8 Å². The van der Waals surface area contributed by atoms with Gasteiger partial charge in [-0.25, -0.2) is 10.1 Å². The van der Waals surface area contributed by atoms with Crippen LogP contribution in [0.4, 0.5) is 5.69 Å². The average molecular weight is 337 g/mol. The molecule has 4 rings (SSSR count). The van der Waals surface area contributed by atoms with E-state index in [2.05, 4.69) is 20.5 Å². The Balaban J connectivity index is 1.51. The standard InChI is InChI=1S/C17H15N5OS/c1-11-5-4-6-12(9-11)18-15(23)10-24-17-21-20-16-19-13-7-2-3-8-14(13)22(16)17/h2-9H,10H2,1H3,(H,18,23)(H,19,20). The molecule has 0 unspecified atom stereocenters. The highest BCUT2D eigenvalue weighted by Crippen LogP contribution is 2.23. The van der Waals surface area contributed by atoms with Gasteiger partial charge in [-0.05, 0) is 36.8 Å². The number of nitrogens with zero attached hydrogens (tertiary/aromatic N) is 3. The SMILES string of the molecule is Cc1cccc(NC(=O)CSc2n[nH]c3nc4ccccc4n23)c1. The first-order chi connectivity index (χ1) is 11.7. The number of thioether (sulfide) groups is 1. The van der Waals surface area contributed by atoms with E-state index in [4.69, 9.17) is 0 Å². The van der Waals surface area contributed by atoms with Gasteiger partial charge >= 0.3 is 0 Å². The molecule has 0 fully saturated rings. The van der Waals surface area contributed by atoms with E-state index >= 15 is 0 Å². The number of fused-ring (bicyclic) bond motifs is 3. The van der Waals surface area contributed by atoms with E-state index in [0.717, 1.165) is 27.4 Å². The Labute approximate surface area is 142 Å². The Bertz CT molecular complexity index is 1040. The van der Waals surface area contributed by atoms with Crippen LogP contribution in [0.25, 0.3) is 16.8 Å². The second-order valence-electron chi connectivity index (χ2n) is 5.47. The summed E-state index contributed by atoms with van der Waals surface area (Å²) in [5, 5.41) is 10.8. The van der Waals surface area contributed by atoms with Crippen LogP contribution in [0.15, 0.2) is 53.7 Å². The third kappa shape index (κ3) is 2.74. The van der Waals surface area contributed by atoms with Crippen molar-refractivity contribution in [3.63, 3.8) is 0 Å². The zero-order valence-corrected chi connectivity index (χ0v) is 13.8. The lowest BCUT2D eigenvalue weighted by molar-refractivity contribution is -0.113. The lowest BCUT2D eigenvalue weighted by Crippen LogP contribution is -2.14. The van der Waals surface area contributed by atoms with E-state index in [-0.39, 0.29) is 11.7 Å². The number of aryl methyl sites for hydroxylation is 1. The van der Waals surface area contributed by atoms with Crippen LogP contribution in [0.1, 0.15) is 5.56 Å². The Morgan fingerprint density at radius 1 is 1.25 bits per heavy atom. The minimum Gasteiger partial charge on any atom is -0.325 e. The number of amides is 1. The lowest BCUT2D eigenvalue weighted by atomic mass is 10.2. The molecule has 2 N–H and O–H groups in total. The van der Waals surface area contributed by atoms with Gasteiger partial charge in [0.15, 0.2) is 5.16 Å². The van der Waals surface area contributed by atoms with Crippen molar-refractivity contribution in [1.29, 1.82) is 0 Å². The quantitative estimate of drug-likeness (QED) is 0.561. The molecule has 6 nitrogen and oxygen atoms in total. The number of aromatic amines is 1. The minimum absolute atomic E-state index is 0.0637. The number of nitrogens with one attached hydrogen (secondary N) is 2. The Kier molecular flexibility index (Phi) is 3.70. The lowest BCUT2D eigenvalue weighted by Gasteiger charge is -2.05. The Morgan fingerprint density at radius 3 is 3.00 bits per heavy atom. The molecule has 7 heteroatoms. The van der Waals surface area contributed by atoms with Gasteiger partial charge in [0.2, 0.25) is 11.7 Å². The van der Waals surface area contributed by atoms with E-state index in [9.17, 15) is 4.79 Å². The van der Waals surface area contributed by atoms with E-state index in [0.29, 0.717) is 5.78 Å². The van der Waals surface area contributed by atoms with Gasteiger partial charge in [-0.15, -0.1) is 5.10 Å². The molecule has 2 heterocycles. The first kappa shape index (κ1) is 14.8. The summed E-state index contributed by atoms with van der Waals surface area (Å²) in [6.07, 6.45) is 0. The second kappa shape index (κ2) is 6.01. The molecule has 2 aromatic carbocycles. The number of aromatic nitrogens is 4. The number of imidazole rings is 1. The molecule has 0 radical (unpaired) electrons. The molecule has 0 bridgehead atoms. The van der Waals surface area contributed by atoms with Gasteiger partial charge in [-0.3, -0.25) is 9.20 Å². The number of carbonyl (C=O) groups is 1. The Hall–Kier alpha value is -2.80. The summed E-state index contributed by atoms with van der Waals surface area (Å²) in [4.78, 5) is 16.6. The summed E-state index contributed by atoms with van der Waals surface area (Å²) in [7, 11) is 0. The first-order valence-corrected chi connectivity index (χ1v) is 8.50. The molecule has 120 valence electrons. The van der Waals surface area contributed by atoms with Crippen LogP contribution in [-0.2, 0) is 4.79 Å². The van der Waals surface area contributed by atoms with Crippen LogP contribution in [0.5, 0.6) is 0 Å². The predicted octanol–water partition coefficient (Wildman–Crippen LogP) is 3.25. The molecule has 4 aromatic rings. The number of para-hydroxylation sites is 2. The number of carbonyl (C=O) groups excluding carboxylic acids is 1. The molecule has 24 heavy (non-hydrogen) atoms. The molecule has 0 spiro atoms. The van der Waals surface area contributed by atoms with Crippen molar-refractivity contribution in [3.05, 3.63) is 54.1 Å². The maximum Gasteiger partial charge on any atom is 0.234 e. The highest BCUT2D eigenvalue weighted by molar-refractivity contribution is 7.99. The molecule has 0 saturated heterocycles. The summed E-state index contributed by atoms with van der Waals surface area (Å²) in [5.41, 5.74) is 3.79. The number of benzene rings is 2. The fourth-order valence-electron chi connectivity index (χ4n) is 2.59. The monoisotopic (exact) mass is 337 g/mol. The van der Waals surface area contributed by atoms with Crippen LogP contribution in [0.3, 0.4) is 0 Å². The molecule has 0 atom stereocenters. The summed E-state index contributed by atoms with van der Waals surface area (Å²) < 4.78 is 1.93. The first-order valence-electron chi connectivity index (χ1n) is 7.51. The zero-order valence-electron chi connectivity index (χ0n) is 13.0. The molecule has 0 aliphatic rings. The second-order valence-corrected chi connectivity index (χ2v) is 6.41. The maximum absolute atomic E-state index is 12.2. The molecule has 0 aliphatic heterocycles. The zero-order chi connectivity index (χ0) is 16.5. The average Bonchev–Trinajstić information content (AvgIpc) is 3.12. The van der Waals surface area contributed by atoms with Gasteiger partial charge in [-0.1, -0.05) is 36.0 Å². The van der Waals surface area contributed by atoms with Crippen molar-refractivity contribution in [1.82, 2.24) is 19.6 Å². The summed E-state index contributed by atoms with van der Waals surface area (Å²) >= 11 is 1.38. The van der Waals surface area contributed by atoms with Gasteiger partial charge in [0, 0.05) is 5.69 Å². The topological polar surface area (TPSA) is 75.1 Å². The van der Waals surface area contributed by atoms with Crippen molar-refractivity contribution in [2.75, 3.05) is 11.1 Å². The molecule has 2 aromatic heterocycles. The molecule has 1 amide bonds. The van der Waals surface area contributed by atoms with E-state index in [1.807, 2.05) is 59.9 Å². The van der Waals surface area contributed by atoms with Crippen LogP contribution in [0, 0.1) is 6.92 Å². The van der Waals surface area contributed by atoms with Crippen molar-refractivity contribution in [2.24, 2.45) is 0 Å². The summed E-state index contributed by atoms with van der Waals surface area (Å²) in [6.45, 7) is 2.00. The molecular weight excluding hydrogens is 322 g/mol. The summed E-state index contributed by atoms with van der Waals surface area (Å²) in [5.74, 6) is 0.893. The van der Waals surface area contributed by atoms with Gasteiger partial charge in [0.1, 0.15) is 0 Å². The molecular formula is C17H15N5OS. The third-order valence-electron chi connectivity index (χ3n) is 3.64. The highest BCUT2D eigenvalue weighted by Gasteiger charge is 2.13. The largest absolute Gasteiger partial charge is 0.325 e. The van der Waals surface area contributed by atoms with Gasteiger partial charge in [0.25, 0.3) is 0 Å². The van der Waals surface area contributed by atoms with E-state index < -0.39 is 0 Å². The molecule has 0 aliphatic carbocycles. The summed E-state index contributed by atoms with van der Waals surface area (Å²) in [6, 6.07) is 15.6. The van der Waals surface area contributed by atoms with Crippen molar-refractivity contribution < 1.29 is 4.79 Å². The number of hydrogen-bond acceptors (Lipinski definition) is 4. The van der Waals surface area contributed by atoms with Gasteiger partial charge < -0.3 is 5.32 Å². The fraction of sp³-hybridized carbons (Fsp3) is 0.118. The normalized spacial score (nSPS) is 11.2. The van der Waals surface area contributed by atoms with E-state index in [1.165, 1.54) is 11.8 Å². The smallest absolute Gasteiger partial charge is 0.234 e. The van der Waals surface area contributed by atoms with Crippen molar-refractivity contribution >= 4 is 40.2 Å². The van der Waals surface area contributed by atoms with Crippen molar-refractivity contribution in [2.45, 2.75) is 12.1 Å². The predicted molar refractivity (Wildman–Crippen MR) is 95.4 cm³/mol. The van der Waals surface area contributed by atoms with Crippen LogP contribution < -0.4 is 5.32 Å². The number of H-pyrrole nitrogens is 1. The minimum atomic E-state index is -0.0637. The number of hydrogen-bond donors (Lipinski definition) is 2. The Morgan fingerprint density at radius 2 is 2.12 bits per heavy atom. The highest BCUT2D eigenvalue weighted by atomic mass is 32.2. The van der Waals surface area contributed by atoms with E-state index in [1.54, 1.807) is 0 Å². The van der Waals surface area contributed by atoms with Crippen LogP contribution in [0.2, 0.25) is 0 Å². The molecule has 0 saturated carbocycles. The van der Waals surface area contributed by atoms with Gasteiger partial charge in [0.05, 0.1) is 16.8 Å².